The highest BCUT2D eigenvalue weighted by Crippen LogP contribution is 2.13. The van der Waals surface area contributed by atoms with E-state index >= 15 is 0 Å². The molecule has 0 aliphatic heterocycles. The summed E-state index contributed by atoms with van der Waals surface area (Å²) in [6.45, 7) is 8.26. The second kappa shape index (κ2) is 6.66. The monoisotopic (exact) mass is 188 g/mol. The van der Waals surface area contributed by atoms with Gasteiger partial charge in [0.25, 0.3) is 0 Å². The van der Waals surface area contributed by atoms with Crippen molar-refractivity contribution in [3.63, 3.8) is 0 Å². The molecule has 1 aromatic carbocycles. The molecule has 0 aliphatic carbocycles. The van der Waals surface area contributed by atoms with E-state index in [9.17, 15) is 0 Å². The molecule has 0 aliphatic rings. The van der Waals surface area contributed by atoms with Gasteiger partial charge in [0, 0.05) is 5.70 Å². The van der Waals surface area contributed by atoms with Crippen LogP contribution in [0.4, 0.5) is 0 Å². The first-order valence-electron chi connectivity index (χ1n) is 4.23. The zero-order valence-corrected chi connectivity index (χ0v) is 8.46. The molecule has 0 heterocycles. The predicted octanol–water partition coefficient (Wildman–Crippen LogP) is 2.83. The van der Waals surface area contributed by atoms with Gasteiger partial charge in [-0.3, -0.25) is 0 Å². The number of nitrogens with two attached hydrogens (primary N) is 1. The molecule has 1 aromatic rings. The Bertz CT molecular complexity index is 308. The van der Waals surface area contributed by atoms with Crippen LogP contribution in [0, 0.1) is 5.41 Å². The van der Waals surface area contributed by atoms with Crippen LogP contribution < -0.4 is 5.73 Å². The Morgan fingerprint density at radius 2 is 1.79 bits per heavy atom. The summed E-state index contributed by atoms with van der Waals surface area (Å²) in [7, 11) is 0. The molecular weight excluding hydrogens is 172 g/mol. The van der Waals surface area contributed by atoms with Crippen molar-refractivity contribution < 1.29 is 0 Å². The Morgan fingerprint density at radius 3 is 2.21 bits per heavy atom. The van der Waals surface area contributed by atoms with Crippen LogP contribution in [0.25, 0.3) is 5.57 Å². The minimum Gasteiger partial charge on any atom is -0.402 e. The molecule has 2 heteroatoms. The van der Waals surface area contributed by atoms with E-state index in [0.717, 1.165) is 16.8 Å². The van der Waals surface area contributed by atoms with E-state index in [-0.39, 0.29) is 0 Å². The normalized spacial score (nSPS) is 9.93. The van der Waals surface area contributed by atoms with Crippen molar-refractivity contribution in [1.82, 2.24) is 0 Å². The largest absolute Gasteiger partial charge is 0.402 e. The maximum Gasteiger partial charge on any atom is 0.00548 e. The van der Waals surface area contributed by atoms with Gasteiger partial charge in [-0.1, -0.05) is 36.9 Å². The van der Waals surface area contributed by atoms with E-state index in [1.165, 1.54) is 0 Å². The zero-order chi connectivity index (χ0) is 11.0. The van der Waals surface area contributed by atoms with Crippen LogP contribution in [-0.4, -0.2) is 6.72 Å². The fourth-order valence-corrected chi connectivity index (χ4v) is 1.01. The van der Waals surface area contributed by atoms with Crippen LogP contribution in [0.5, 0.6) is 0 Å². The Balaban J connectivity index is 0.000000791. The molecule has 1 rings (SSSR count). The first kappa shape index (κ1) is 12.2. The van der Waals surface area contributed by atoms with Crippen molar-refractivity contribution in [2.45, 2.75) is 6.92 Å². The Morgan fingerprint density at radius 1 is 1.29 bits per heavy atom. The summed E-state index contributed by atoms with van der Waals surface area (Å²) in [6.07, 6.45) is 1.87. The van der Waals surface area contributed by atoms with E-state index in [0.29, 0.717) is 0 Å². The summed E-state index contributed by atoms with van der Waals surface area (Å²) in [4.78, 5) is 0. The second-order valence-electron chi connectivity index (χ2n) is 2.78. The van der Waals surface area contributed by atoms with E-state index in [2.05, 4.69) is 13.3 Å². The average Bonchev–Trinajstić information content (AvgIpc) is 2.21. The Labute approximate surface area is 85.3 Å². The van der Waals surface area contributed by atoms with Crippen molar-refractivity contribution in [3.8, 4) is 0 Å². The fraction of sp³-hybridized carbons (Fsp3) is 0.0833. The first-order valence-corrected chi connectivity index (χ1v) is 4.23. The summed E-state index contributed by atoms with van der Waals surface area (Å²) in [5.41, 5.74) is 8.38. The van der Waals surface area contributed by atoms with Crippen LogP contribution in [0.15, 0.2) is 48.7 Å². The molecule has 0 saturated carbocycles. The van der Waals surface area contributed by atoms with Gasteiger partial charge in [0.2, 0.25) is 0 Å². The molecule has 0 aromatic heterocycles. The molecule has 0 saturated heterocycles. The van der Waals surface area contributed by atoms with Gasteiger partial charge in [0.1, 0.15) is 0 Å². The van der Waals surface area contributed by atoms with Crippen LogP contribution >= 0.6 is 0 Å². The quantitative estimate of drug-likeness (QED) is 0.544. The van der Waals surface area contributed by atoms with Crippen molar-refractivity contribution in [3.05, 3.63) is 54.2 Å². The molecule has 0 fully saturated rings. The molecule has 0 spiro atoms. The fourth-order valence-electron chi connectivity index (χ4n) is 1.01. The van der Waals surface area contributed by atoms with Gasteiger partial charge in [-0.15, -0.1) is 0 Å². The zero-order valence-electron chi connectivity index (χ0n) is 8.46. The van der Waals surface area contributed by atoms with Crippen LogP contribution in [-0.2, 0) is 0 Å². The van der Waals surface area contributed by atoms with Crippen LogP contribution in [0.3, 0.4) is 0 Å². The van der Waals surface area contributed by atoms with E-state index in [1.54, 1.807) is 0 Å². The third-order valence-corrected chi connectivity index (χ3v) is 1.55. The lowest BCUT2D eigenvalue weighted by molar-refractivity contribution is 1.32. The number of hydrogen-bond donors (Lipinski definition) is 2. The SMILES string of the molecule is C=C(/C=C(\C)N)c1ccccc1.C=N. The lowest BCUT2D eigenvalue weighted by atomic mass is 10.1. The minimum absolute atomic E-state index is 0.781. The van der Waals surface area contributed by atoms with Gasteiger partial charge < -0.3 is 11.1 Å². The summed E-state index contributed by atoms with van der Waals surface area (Å²) in [6, 6.07) is 9.99. The van der Waals surface area contributed by atoms with E-state index in [4.69, 9.17) is 11.1 Å². The van der Waals surface area contributed by atoms with Crippen LogP contribution in [0.2, 0.25) is 0 Å². The van der Waals surface area contributed by atoms with Gasteiger partial charge in [0.15, 0.2) is 0 Å². The van der Waals surface area contributed by atoms with Crippen molar-refractivity contribution in [2.75, 3.05) is 0 Å². The maximum atomic E-state index is 5.53. The summed E-state index contributed by atoms with van der Waals surface area (Å²) in [5.74, 6) is 0. The van der Waals surface area contributed by atoms with Crippen molar-refractivity contribution >= 4 is 12.3 Å². The predicted molar refractivity (Wildman–Crippen MR) is 63.3 cm³/mol. The molecule has 0 unspecified atom stereocenters. The first-order chi connectivity index (χ1) is 6.70. The second-order valence-corrected chi connectivity index (χ2v) is 2.78. The third kappa shape index (κ3) is 4.26. The lowest BCUT2D eigenvalue weighted by Gasteiger charge is -1.99. The van der Waals surface area contributed by atoms with E-state index in [1.807, 2.05) is 43.3 Å². The third-order valence-electron chi connectivity index (χ3n) is 1.55. The molecule has 2 nitrogen and oxygen atoms in total. The molecule has 74 valence electrons. The smallest absolute Gasteiger partial charge is 0.00548 e. The number of benzene rings is 1. The van der Waals surface area contributed by atoms with Crippen molar-refractivity contribution in [1.29, 1.82) is 5.41 Å². The minimum atomic E-state index is 0.781. The maximum absolute atomic E-state index is 5.53. The standard InChI is InChI=1S/C11H13N.CH3N/c1-9(8-10(2)12)11-6-4-3-5-7-11;1-2/h3-8H,1,12H2,2H3;2H,1H2/b10-8+;. The number of allylic oxidation sites excluding steroid dienone is 3. The molecule has 0 amide bonds. The van der Waals surface area contributed by atoms with E-state index < -0.39 is 0 Å². The van der Waals surface area contributed by atoms with Gasteiger partial charge in [-0.05, 0) is 30.9 Å². The Hall–Kier alpha value is -1.83. The highest BCUT2D eigenvalue weighted by atomic mass is 14.5. The number of nitrogens with one attached hydrogen (secondary N) is 1. The van der Waals surface area contributed by atoms with Gasteiger partial charge in [-0.25, -0.2) is 0 Å². The molecule has 3 N–H and O–H groups in total. The molecule has 14 heavy (non-hydrogen) atoms. The number of rotatable bonds is 2. The molecule has 0 radical (unpaired) electrons. The van der Waals surface area contributed by atoms with Gasteiger partial charge in [0.05, 0.1) is 0 Å². The van der Waals surface area contributed by atoms with Crippen molar-refractivity contribution in [2.24, 2.45) is 5.73 Å². The lowest BCUT2D eigenvalue weighted by Crippen LogP contribution is -1.90. The summed E-state index contributed by atoms with van der Waals surface area (Å²) < 4.78 is 0. The molecule has 0 bridgehead atoms. The molecule has 0 atom stereocenters. The van der Waals surface area contributed by atoms with Gasteiger partial charge >= 0.3 is 0 Å². The average molecular weight is 188 g/mol. The summed E-state index contributed by atoms with van der Waals surface area (Å²) in [5, 5.41) is 5.50. The van der Waals surface area contributed by atoms with Gasteiger partial charge in [-0.2, -0.15) is 0 Å². The number of hydrogen-bond acceptors (Lipinski definition) is 2. The molecular formula is C12H16N2. The Kier molecular flexibility index (Phi) is 5.79. The van der Waals surface area contributed by atoms with Crippen LogP contribution in [0.1, 0.15) is 12.5 Å². The topological polar surface area (TPSA) is 49.9 Å². The highest BCUT2D eigenvalue weighted by molar-refractivity contribution is 5.72. The highest BCUT2D eigenvalue weighted by Gasteiger charge is 1.92. The summed E-state index contributed by atoms with van der Waals surface area (Å²) >= 11 is 0.